The number of ether oxygens (including phenoxy) is 1. The fourth-order valence-electron chi connectivity index (χ4n) is 1.45. The summed E-state index contributed by atoms with van der Waals surface area (Å²) in [4.78, 5) is 4.02. The van der Waals surface area contributed by atoms with Crippen LogP contribution in [-0.4, -0.2) is 17.3 Å². The Morgan fingerprint density at radius 1 is 1.47 bits per heavy atom. The molecule has 0 unspecified atom stereocenters. The van der Waals surface area contributed by atoms with Crippen molar-refractivity contribution in [3.63, 3.8) is 0 Å². The Bertz CT molecular complexity index is 540. The minimum atomic E-state index is -0.376. The maximum absolute atomic E-state index is 13.6. The number of nitrogens with two attached hydrogens (primary N) is 1. The Morgan fingerprint density at radius 3 is 2.82 bits per heavy atom. The van der Waals surface area contributed by atoms with Crippen LogP contribution < -0.4 is 10.5 Å². The van der Waals surface area contributed by atoms with Crippen molar-refractivity contribution in [2.75, 3.05) is 7.11 Å². The second-order valence-corrected chi connectivity index (χ2v) is 3.50. The first kappa shape index (κ1) is 11.5. The first-order chi connectivity index (χ1) is 8.15. The van der Waals surface area contributed by atoms with Crippen LogP contribution in [0.1, 0.15) is 11.5 Å². The van der Waals surface area contributed by atoms with Crippen molar-refractivity contribution >= 4 is 0 Å². The number of hydrogen-bond acceptors (Lipinski definition) is 5. The van der Waals surface area contributed by atoms with Crippen LogP contribution in [0, 0.1) is 12.7 Å². The standard InChI is InChI=1S/C11H12FN3O2/c1-6-8(12)3-7(4-9(6)16-2)11-14-10(5-13)17-15-11/h3-4H,5,13H2,1-2H3. The van der Waals surface area contributed by atoms with Gasteiger partial charge in [0, 0.05) is 11.1 Å². The molecule has 0 aliphatic carbocycles. The normalized spacial score (nSPS) is 10.6. The molecule has 17 heavy (non-hydrogen) atoms. The van der Waals surface area contributed by atoms with Crippen molar-refractivity contribution in [3.8, 4) is 17.1 Å². The molecule has 0 fully saturated rings. The molecular weight excluding hydrogens is 225 g/mol. The molecule has 1 heterocycles. The van der Waals surface area contributed by atoms with E-state index in [0.717, 1.165) is 0 Å². The molecule has 0 aliphatic rings. The molecule has 1 aromatic carbocycles. The van der Waals surface area contributed by atoms with Crippen LogP contribution in [0.5, 0.6) is 5.75 Å². The van der Waals surface area contributed by atoms with Gasteiger partial charge in [0.05, 0.1) is 13.7 Å². The van der Waals surface area contributed by atoms with Crippen molar-refractivity contribution in [1.29, 1.82) is 0 Å². The molecule has 0 amide bonds. The number of halogens is 1. The zero-order chi connectivity index (χ0) is 12.4. The molecule has 0 aliphatic heterocycles. The van der Waals surface area contributed by atoms with Crippen LogP contribution >= 0.6 is 0 Å². The molecular formula is C11H12FN3O2. The molecule has 0 atom stereocenters. The van der Waals surface area contributed by atoms with E-state index in [2.05, 4.69) is 10.1 Å². The van der Waals surface area contributed by atoms with Crippen LogP contribution in [0.3, 0.4) is 0 Å². The fourth-order valence-corrected chi connectivity index (χ4v) is 1.45. The Morgan fingerprint density at radius 2 is 2.24 bits per heavy atom. The van der Waals surface area contributed by atoms with E-state index in [1.165, 1.54) is 13.2 Å². The lowest BCUT2D eigenvalue weighted by Gasteiger charge is -2.06. The van der Waals surface area contributed by atoms with Gasteiger partial charge in [-0.2, -0.15) is 4.98 Å². The molecule has 2 aromatic rings. The molecule has 5 nitrogen and oxygen atoms in total. The van der Waals surface area contributed by atoms with Crippen LogP contribution in [-0.2, 0) is 6.54 Å². The lowest BCUT2D eigenvalue weighted by Crippen LogP contribution is -1.96. The number of nitrogens with zero attached hydrogens (tertiary/aromatic N) is 2. The van der Waals surface area contributed by atoms with E-state index in [1.807, 2.05) is 0 Å². The molecule has 90 valence electrons. The fraction of sp³-hybridized carbons (Fsp3) is 0.273. The summed E-state index contributed by atoms with van der Waals surface area (Å²) in [7, 11) is 1.48. The number of methoxy groups -OCH3 is 1. The van der Waals surface area contributed by atoms with Gasteiger partial charge in [0.2, 0.25) is 11.7 Å². The number of benzene rings is 1. The van der Waals surface area contributed by atoms with Gasteiger partial charge >= 0.3 is 0 Å². The van der Waals surface area contributed by atoms with Gasteiger partial charge in [-0.05, 0) is 19.1 Å². The minimum Gasteiger partial charge on any atom is -0.496 e. The predicted molar refractivity (Wildman–Crippen MR) is 58.9 cm³/mol. The Balaban J connectivity index is 2.48. The molecule has 0 spiro atoms. The molecule has 0 radical (unpaired) electrons. The van der Waals surface area contributed by atoms with Crippen LogP contribution in [0.2, 0.25) is 0 Å². The average Bonchev–Trinajstić information content (AvgIpc) is 2.81. The van der Waals surface area contributed by atoms with Crippen LogP contribution in [0.15, 0.2) is 16.7 Å². The summed E-state index contributed by atoms with van der Waals surface area (Å²) in [5.41, 5.74) is 6.29. The van der Waals surface area contributed by atoms with E-state index in [9.17, 15) is 4.39 Å². The van der Waals surface area contributed by atoms with E-state index >= 15 is 0 Å². The molecule has 0 bridgehead atoms. The first-order valence-electron chi connectivity index (χ1n) is 5.03. The van der Waals surface area contributed by atoms with E-state index in [-0.39, 0.29) is 12.4 Å². The highest BCUT2D eigenvalue weighted by molar-refractivity contribution is 5.59. The molecule has 6 heteroatoms. The minimum absolute atomic E-state index is 0.151. The van der Waals surface area contributed by atoms with Crippen molar-refractivity contribution in [3.05, 3.63) is 29.4 Å². The first-order valence-corrected chi connectivity index (χ1v) is 5.03. The maximum atomic E-state index is 13.6. The molecule has 2 rings (SSSR count). The third-order valence-corrected chi connectivity index (χ3v) is 2.42. The van der Waals surface area contributed by atoms with Gasteiger partial charge in [0.15, 0.2) is 0 Å². The summed E-state index contributed by atoms with van der Waals surface area (Å²) in [6.45, 7) is 1.79. The monoisotopic (exact) mass is 237 g/mol. The highest BCUT2D eigenvalue weighted by Gasteiger charge is 2.13. The summed E-state index contributed by atoms with van der Waals surface area (Å²) >= 11 is 0. The van der Waals surface area contributed by atoms with E-state index in [1.54, 1.807) is 13.0 Å². The van der Waals surface area contributed by atoms with Crippen molar-refractivity contribution in [1.82, 2.24) is 10.1 Å². The second kappa shape index (κ2) is 4.50. The Labute approximate surface area is 97.4 Å². The molecule has 2 N–H and O–H groups in total. The molecule has 0 saturated carbocycles. The largest absolute Gasteiger partial charge is 0.496 e. The molecule has 0 saturated heterocycles. The lowest BCUT2D eigenvalue weighted by molar-refractivity contribution is 0.380. The zero-order valence-corrected chi connectivity index (χ0v) is 9.53. The van der Waals surface area contributed by atoms with Gasteiger partial charge in [-0.25, -0.2) is 4.39 Å². The van der Waals surface area contributed by atoms with Crippen molar-refractivity contribution in [2.45, 2.75) is 13.5 Å². The Kier molecular flexibility index (Phi) is 3.06. The maximum Gasteiger partial charge on any atom is 0.240 e. The SMILES string of the molecule is COc1cc(-c2noc(CN)n2)cc(F)c1C. The third-order valence-electron chi connectivity index (χ3n) is 2.42. The van der Waals surface area contributed by atoms with Crippen molar-refractivity contribution < 1.29 is 13.7 Å². The predicted octanol–water partition coefficient (Wildman–Crippen LogP) is 1.65. The number of aromatic nitrogens is 2. The smallest absolute Gasteiger partial charge is 0.240 e. The van der Waals surface area contributed by atoms with Crippen LogP contribution in [0.25, 0.3) is 11.4 Å². The number of hydrogen-bond donors (Lipinski definition) is 1. The second-order valence-electron chi connectivity index (χ2n) is 3.50. The topological polar surface area (TPSA) is 74.2 Å². The summed E-state index contributed by atoms with van der Waals surface area (Å²) in [5, 5.41) is 3.72. The molecule has 1 aromatic heterocycles. The summed E-state index contributed by atoms with van der Waals surface area (Å²) in [5.74, 6) is 0.667. The highest BCUT2D eigenvalue weighted by atomic mass is 19.1. The third kappa shape index (κ3) is 2.12. The average molecular weight is 237 g/mol. The summed E-state index contributed by atoms with van der Waals surface area (Å²) < 4.78 is 23.5. The van der Waals surface area contributed by atoms with E-state index in [4.69, 9.17) is 15.0 Å². The van der Waals surface area contributed by atoms with Gasteiger partial charge in [0.25, 0.3) is 0 Å². The van der Waals surface area contributed by atoms with Gasteiger partial charge in [0.1, 0.15) is 11.6 Å². The summed E-state index contributed by atoms with van der Waals surface area (Å²) in [6.07, 6.45) is 0. The van der Waals surface area contributed by atoms with E-state index < -0.39 is 0 Å². The lowest BCUT2D eigenvalue weighted by atomic mass is 10.1. The summed E-state index contributed by atoms with van der Waals surface area (Å²) in [6, 6.07) is 2.99. The van der Waals surface area contributed by atoms with Gasteiger partial charge in [-0.15, -0.1) is 0 Å². The van der Waals surface area contributed by atoms with Gasteiger partial charge in [-0.1, -0.05) is 5.16 Å². The van der Waals surface area contributed by atoms with Crippen molar-refractivity contribution in [2.24, 2.45) is 5.73 Å². The number of rotatable bonds is 3. The quantitative estimate of drug-likeness (QED) is 0.878. The van der Waals surface area contributed by atoms with Gasteiger partial charge in [-0.3, -0.25) is 0 Å². The van der Waals surface area contributed by atoms with Crippen LogP contribution in [0.4, 0.5) is 4.39 Å². The van der Waals surface area contributed by atoms with E-state index in [0.29, 0.717) is 28.6 Å². The zero-order valence-electron chi connectivity index (χ0n) is 9.53. The van der Waals surface area contributed by atoms with Gasteiger partial charge < -0.3 is 15.0 Å². The Hall–Kier alpha value is -1.95. The highest BCUT2D eigenvalue weighted by Crippen LogP contribution is 2.27.